The molecule has 2 N–H and O–H groups in total. The van der Waals surface area contributed by atoms with E-state index in [0.717, 1.165) is 24.9 Å². The van der Waals surface area contributed by atoms with Crippen molar-refractivity contribution >= 4 is 23.4 Å². The maximum absolute atomic E-state index is 11.9. The van der Waals surface area contributed by atoms with Crippen LogP contribution in [0.15, 0.2) is 18.2 Å². The van der Waals surface area contributed by atoms with Crippen molar-refractivity contribution in [2.24, 2.45) is 0 Å². The van der Waals surface area contributed by atoms with Crippen LogP contribution in [-0.2, 0) is 4.74 Å². The van der Waals surface area contributed by atoms with E-state index in [-0.39, 0.29) is 6.04 Å². The minimum atomic E-state index is -0.519. The monoisotopic (exact) mass is 296 g/mol. The lowest BCUT2D eigenvalue weighted by Crippen LogP contribution is -2.28. The molecule has 0 aliphatic carbocycles. The number of ether oxygens (including phenoxy) is 1. The van der Waals surface area contributed by atoms with Gasteiger partial charge in [0.25, 0.3) is 0 Å². The zero-order chi connectivity index (χ0) is 14.8. The summed E-state index contributed by atoms with van der Waals surface area (Å²) in [4.78, 5) is 11.9. The number of carbonyl (C=O) groups excluding carboxylic acids is 1. The Labute approximate surface area is 124 Å². The first-order valence-electron chi connectivity index (χ1n) is 6.88. The molecule has 1 aliphatic rings. The number of anilines is 1. The molecule has 20 heavy (non-hydrogen) atoms. The maximum Gasteiger partial charge on any atom is 0.412 e. The minimum Gasteiger partial charge on any atom is -0.444 e. The van der Waals surface area contributed by atoms with E-state index in [2.05, 4.69) is 10.6 Å². The smallest absolute Gasteiger partial charge is 0.412 e. The Morgan fingerprint density at radius 1 is 1.45 bits per heavy atom. The van der Waals surface area contributed by atoms with Crippen LogP contribution in [-0.4, -0.2) is 18.2 Å². The Kier molecular flexibility index (Phi) is 4.55. The van der Waals surface area contributed by atoms with Gasteiger partial charge in [0.2, 0.25) is 0 Å². The van der Waals surface area contributed by atoms with Gasteiger partial charge in [0.05, 0.1) is 5.69 Å². The molecule has 1 unspecified atom stereocenters. The number of rotatable bonds is 2. The number of hydrogen-bond donors (Lipinski definition) is 2. The lowest BCUT2D eigenvalue weighted by molar-refractivity contribution is 0.0636. The summed E-state index contributed by atoms with van der Waals surface area (Å²) in [5, 5.41) is 6.81. The second-order valence-corrected chi connectivity index (χ2v) is 6.44. The average molecular weight is 297 g/mol. The number of nitrogens with one attached hydrogen (secondary N) is 2. The molecule has 1 heterocycles. The molecule has 1 fully saturated rings. The first-order chi connectivity index (χ1) is 9.35. The van der Waals surface area contributed by atoms with Gasteiger partial charge in [-0.05, 0) is 57.9 Å². The molecule has 1 aromatic carbocycles. The van der Waals surface area contributed by atoms with E-state index in [1.165, 1.54) is 0 Å². The van der Waals surface area contributed by atoms with Gasteiger partial charge in [-0.2, -0.15) is 0 Å². The van der Waals surface area contributed by atoms with Gasteiger partial charge >= 0.3 is 6.09 Å². The fourth-order valence-corrected chi connectivity index (χ4v) is 2.48. The highest BCUT2D eigenvalue weighted by molar-refractivity contribution is 6.31. The predicted molar refractivity (Wildman–Crippen MR) is 81.3 cm³/mol. The van der Waals surface area contributed by atoms with Crippen molar-refractivity contribution in [3.63, 3.8) is 0 Å². The Bertz CT molecular complexity index is 491. The number of carbonyl (C=O) groups is 1. The summed E-state index contributed by atoms with van der Waals surface area (Å²) in [5.41, 5.74) is 1.25. The van der Waals surface area contributed by atoms with E-state index in [1.807, 2.05) is 32.9 Å². The summed E-state index contributed by atoms with van der Waals surface area (Å²) in [6, 6.07) is 5.83. The first kappa shape index (κ1) is 15.1. The van der Waals surface area contributed by atoms with Crippen LogP contribution < -0.4 is 10.6 Å². The summed E-state index contributed by atoms with van der Waals surface area (Å²) in [7, 11) is 0. The van der Waals surface area contributed by atoms with Crippen molar-refractivity contribution in [2.75, 3.05) is 11.9 Å². The average Bonchev–Trinajstić information content (AvgIpc) is 2.79. The summed E-state index contributed by atoms with van der Waals surface area (Å²) in [6.45, 7) is 6.51. The van der Waals surface area contributed by atoms with Gasteiger partial charge in [-0.3, -0.25) is 5.32 Å². The van der Waals surface area contributed by atoms with E-state index in [4.69, 9.17) is 16.3 Å². The van der Waals surface area contributed by atoms with Crippen LogP contribution in [0.25, 0.3) is 0 Å². The molecule has 5 heteroatoms. The molecule has 0 saturated carbocycles. The third-order valence-electron chi connectivity index (χ3n) is 3.09. The Balaban J connectivity index is 2.17. The normalized spacial score (nSPS) is 18.9. The zero-order valence-corrected chi connectivity index (χ0v) is 12.9. The van der Waals surface area contributed by atoms with Crippen molar-refractivity contribution in [1.82, 2.24) is 5.32 Å². The Morgan fingerprint density at radius 3 is 2.80 bits per heavy atom. The molecular formula is C15H21ClN2O2. The molecule has 1 aliphatic heterocycles. The Morgan fingerprint density at radius 2 is 2.20 bits per heavy atom. The molecule has 1 saturated heterocycles. The standard InChI is InChI=1S/C15H21ClN2O2/c1-15(2,3)20-14(19)18-13-9-10(16)6-7-11(13)12-5-4-8-17-12/h6-7,9,12,17H,4-5,8H2,1-3H3,(H,18,19). The van der Waals surface area contributed by atoms with Gasteiger partial charge in [0.15, 0.2) is 0 Å². The van der Waals surface area contributed by atoms with Crippen LogP contribution in [0, 0.1) is 0 Å². The number of benzene rings is 1. The molecule has 0 aromatic heterocycles. The largest absolute Gasteiger partial charge is 0.444 e. The van der Waals surface area contributed by atoms with Crippen LogP contribution in [0.3, 0.4) is 0 Å². The molecule has 2 rings (SSSR count). The fraction of sp³-hybridized carbons (Fsp3) is 0.533. The highest BCUT2D eigenvalue weighted by Gasteiger charge is 2.22. The molecule has 1 amide bonds. The molecule has 0 radical (unpaired) electrons. The molecule has 0 spiro atoms. The van der Waals surface area contributed by atoms with Crippen LogP contribution in [0.1, 0.15) is 45.2 Å². The van der Waals surface area contributed by atoms with E-state index in [1.54, 1.807) is 6.07 Å². The minimum absolute atomic E-state index is 0.261. The van der Waals surface area contributed by atoms with E-state index >= 15 is 0 Å². The summed E-state index contributed by atoms with van der Waals surface area (Å²) >= 11 is 6.03. The van der Waals surface area contributed by atoms with Gasteiger partial charge in [-0.25, -0.2) is 4.79 Å². The van der Waals surface area contributed by atoms with Gasteiger partial charge in [-0.1, -0.05) is 17.7 Å². The SMILES string of the molecule is CC(C)(C)OC(=O)Nc1cc(Cl)ccc1C1CCCN1. The topological polar surface area (TPSA) is 50.4 Å². The number of hydrogen-bond acceptors (Lipinski definition) is 3. The van der Waals surface area contributed by atoms with Crippen molar-refractivity contribution in [1.29, 1.82) is 0 Å². The lowest BCUT2D eigenvalue weighted by Gasteiger charge is -2.21. The molecule has 0 bridgehead atoms. The Hall–Kier alpha value is -1.26. The van der Waals surface area contributed by atoms with Crippen molar-refractivity contribution in [3.8, 4) is 0 Å². The number of amides is 1. The van der Waals surface area contributed by atoms with Gasteiger partial charge in [0, 0.05) is 11.1 Å². The molecular weight excluding hydrogens is 276 g/mol. The van der Waals surface area contributed by atoms with Crippen molar-refractivity contribution in [3.05, 3.63) is 28.8 Å². The van der Waals surface area contributed by atoms with Crippen LogP contribution in [0.5, 0.6) is 0 Å². The summed E-state index contributed by atoms with van der Waals surface area (Å²) < 4.78 is 5.29. The maximum atomic E-state index is 11.9. The van der Waals surface area contributed by atoms with Gasteiger partial charge in [-0.15, -0.1) is 0 Å². The van der Waals surface area contributed by atoms with Crippen molar-refractivity contribution in [2.45, 2.75) is 45.3 Å². The zero-order valence-electron chi connectivity index (χ0n) is 12.1. The predicted octanol–water partition coefficient (Wildman–Crippen LogP) is 4.11. The lowest BCUT2D eigenvalue weighted by atomic mass is 10.0. The number of halogens is 1. The highest BCUT2D eigenvalue weighted by atomic mass is 35.5. The fourth-order valence-electron chi connectivity index (χ4n) is 2.30. The molecule has 1 aromatic rings. The quantitative estimate of drug-likeness (QED) is 0.863. The van der Waals surface area contributed by atoms with Crippen LogP contribution in [0.4, 0.5) is 10.5 Å². The second kappa shape index (κ2) is 6.02. The van der Waals surface area contributed by atoms with Crippen LogP contribution in [0.2, 0.25) is 5.02 Å². The van der Waals surface area contributed by atoms with Crippen molar-refractivity contribution < 1.29 is 9.53 Å². The van der Waals surface area contributed by atoms with E-state index in [9.17, 15) is 4.79 Å². The van der Waals surface area contributed by atoms with Gasteiger partial charge in [0.1, 0.15) is 5.60 Å². The van der Waals surface area contributed by atoms with E-state index in [0.29, 0.717) is 10.7 Å². The summed E-state index contributed by atoms with van der Waals surface area (Å²) in [6.07, 6.45) is 1.74. The molecule has 110 valence electrons. The highest BCUT2D eigenvalue weighted by Crippen LogP contribution is 2.31. The van der Waals surface area contributed by atoms with E-state index < -0.39 is 11.7 Å². The third kappa shape index (κ3) is 4.12. The van der Waals surface area contributed by atoms with Gasteiger partial charge < -0.3 is 10.1 Å². The molecule has 4 nitrogen and oxygen atoms in total. The second-order valence-electron chi connectivity index (χ2n) is 6.01. The van der Waals surface area contributed by atoms with Crippen LogP contribution >= 0.6 is 11.6 Å². The first-order valence-corrected chi connectivity index (χ1v) is 7.26. The third-order valence-corrected chi connectivity index (χ3v) is 3.32. The molecule has 1 atom stereocenters. The summed E-state index contributed by atoms with van der Waals surface area (Å²) in [5.74, 6) is 0.